The molecule has 0 aliphatic heterocycles. The molecular weight excluding hydrogens is 418 g/mol. The van der Waals surface area contributed by atoms with Crippen molar-refractivity contribution >= 4 is 11.4 Å². The Hall–Kier alpha value is -2.67. The summed E-state index contributed by atoms with van der Waals surface area (Å²) in [5.41, 5.74) is 5.79. The maximum atomic E-state index is 6.45. The first-order chi connectivity index (χ1) is 16.1. The standard InChI is InChI=1S/C26H35N3O4/c1-6-20-25(28(13-17-7-8-17)14-18-9-10-18)26-29(27-20)24(16(2)33-26)23-21(31-4)11-19(15-30-3)12-22(23)32-5/h11-12,17-18H,6-10,13-15H2,1-5H3. The van der Waals surface area contributed by atoms with Gasteiger partial charge in [0.1, 0.15) is 28.6 Å². The molecule has 1 aromatic carbocycles. The zero-order valence-electron chi connectivity index (χ0n) is 20.4. The number of rotatable bonds is 11. The molecule has 0 amide bonds. The number of hydrogen-bond acceptors (Lipinski definition) is 6. The molecule has 0 radical (unpaired) electrons. The highest BCUT2D eigenvalue weighted by atomic mass is 16.5. The molecule has 2 saturated carbocycles. The Morgan fingerprint density at radius 1 is 1.03 bits per heavy atom. The van der Waals surface area contributed by atoms with Crippen molar-refractivity contribution in [3.8, 4) is 22.8 Å². The lowest BCUT2D eigenvalue weighted by Gasteiger charge is -2.24. The Morgan fingerprint density at radius 3 is 2.12 bits per heavy atom. The number of nitrogens with zero attached hydrogens (tertiary/aromatic N) is 3. The molecule has 0 saturated heterocycles. The first kappa shape index (κ1) is 22.1. The van der Waals surface area contributed by atoms with Crippen molar-refractivity contribution in [1.82, 2.24) is 9.61 Å². The number of oxazole rings is 1. The summed E-state index contributed by atoms with van der Waals surface area (Å²) < 4.78 is 25.4. The molecule has 0 atom stereocenters. The monoisotopic (exact) mass is 453 g/mol. The third-order valence-electron chi connectivity index (χ3n) is 6.80. The molecule has 2 heterocycles. The predicted octanol–water partition coefficient (Wildman–Crippen LogP) is 5.26. The molecule has 7 heteroatoms. The summed E-state index contributed by atoms with van der Waals surface area (Å²) >= 11 is 0. The zero-order chi connectivity index (χ0) is 23.1. The number of aromatic nitrogens is 2. The molecule has 0 bridgehead atoms. The van der Waals surface area contributed by atoms with Crippen LogP contribution < -0.4 is 14.4 Å². The van der Waals surface area contributed by atoms with Crippen molar-refractivity contribution in [3.05, 3.63) is 29.2 Å². The number of ether oxygens (including phenoxy) is 3. The SMILES string of the molecule is CCc1nn2c(-c3c(OC)cc(COC)cc3OC)c(C)oc2c1N(CC1CC1)CC1CC1. The summed E-state index contributed by atoms with van der Waals surface area (Å²) in [6, 6.07) is 3.99. The average molecular weight is 454 g/mol. The number of anilines is 1. The van der Waals surface area contributed by atoms with E-state index in [1.54, 1.807) is 21.3 Å². The molecule has 0 unspecified atom stereocenters. The molecule has 2 fully saturated rings. The van der Waals surface area contributed by atoms with Gasteiger partial charge < -0.3 is 23.5 Å². The zero-order valence-corrected chi connectivity index (χ0v) is 20.4. The Balaban J connectivity index is 1.67. The third-order valence-corrected chi connectivity index (χ3v) is 6.80. The number of fused-ring (bicyclic) bond motifs is 1. The Kier molecular flexibility index (Phi) is 5.99. The van der Waals surface area contributed by atoms with Crippen LogP contribution in [0.2, 0.25) is 0 Å². The van der Waals surface area contributed by atoms with Gasteiger partial charge in [-0.3, -0.25) is 0 Å². The smallest absolute Gasteiger partial charge is 0.246 e. The second-order valence-corrected chi connectivity index (χ2v) is 9.47. The van der Waals surface area contributed by atoms with Gasteiger partial charge in [-0.05, 0) is 68.6 Å². The first-order valence-corrected chi connectivity index (χ1v) is 12.1. The van der Waals surface area contributed by atoms with E-state index < -0.39 is 0 Å². The van der Waals surface area contributed by atoms with Gasteiger partial charge in [-0.15, -0.1) is 0 Å². The second kappa shape index (κ2) is 8.93. The van der Waals surface area contributed by atoms with E-state index >= 15 is 0 Å². The average Bonchev–Trinajstić information content (AvgIpc) is 3.74. The lowest BCUT2D eigenvalue weighted by molar-refractivity contribution is 0.184. The van der Waals surface area contributed by atoms with E-state index in [9.17, 15) is 0 Å². The van der Waals surface area contributed by atoms with Crippen LogP contribution in [0.1, 0.15) is 49.6 Å². The fourth-order valence-corrected chi connectivity index (χ4v) is 4.79. The summed E-state index contributed by atoms with van der Waals surface area (Å²) in [4.78, 5) is 2.55. The maximum absolute atomic E-state index is 6.45. The quantitative estimate of drug-likeness (QED) is 0.395. The fraction of sp³-hybridized carbons (Fsp3) is 0.577. The molecule has 0 N–H and O–H groups in total. The van der Waals surface area contributed by atoms with Crippen molar-refractivity contribution in [2.75, 3.05) is 39.3 Å². The van der Waals surface area contributed by atoms with Crippen molar-refractivity contribution in [3.63, 3.8) is 0 Å². The molecule has 178 valence electrons. The van der Waals surface area contributed by atoms with Gasteiger partial charge in [0.2, 0.25) is 5.71 Å². The largest absolute Gasteiger partial charge is 0.496 e. The van der Waals surface area contributed by atoms with E-state index in [-0.39, 0.29) is 0 Å². The fourth-order valence-electron chi connectivity index (χ4n) is 4.79. The molecule has 2 aliphatic rings. The molecule has 7 nitrogen and oxygen atoms in total. The van der Waals surface area contributed by atoms with Gasteiger partial charge in [-0.1, -0.05) is 6.92 Å². The van der Waals surface area contributed by atoms with E-state index in [0.29, 0.717) is 6.61 Å². The molecule has 5 rings (SSSR count). The summed E-state index contributed by atoms with van der Waals surface area (Å²) in [7, 11) is 5.05. The van der Waals surface area contributed by atoms with Gasteiger partial charge in [-0.25, -0.2) is 0 Å². The second-order valence-electron chi connectivity index (χ2n) is 9.47. The van der Waals surface area contributed by atoms with Gasteiger partial charge in [0.25, 0.3) is 0 Å². The molecule has 0 spiro atoms. The van der Waals surface area contributed by atoms with Gasteiger partial charge >= 0.3 is 0 Å². The van der Waals surface area contributed by atoms with Gasteiger partial charge in [0.05, 0.1) is 32.1 Å². The maximum Gasteiger partial charge on any atom is 0.246 e. The molecule has 2 aliphatic carbocycles. The minimum absolute atomic E-state index is 0.482. The summed E-state index contributed by atoms with van der Waals surface area (Å²) in [6.45, 7) is 6.84. The number of aryl methyl sites for hydroxylation is 2. The van der Waals surface area contributed by atoms with Gasteiger partial charge in [0, 0.05) is 20.2 Å². The highest BCUT2D eigenvalue weighted by Crippen LogP contribution is 2.45. The van der Waals surface area contributed by atoms with Crippen molar-refractivity contribution in [2.45, 2.75) is 52.6 Å². The first-order valence-electron chi connectivity index (χ1n) is 12.1. The lowest BCUT2D eigenvalue weighted by atomic mass is 10.0. The van der Waals surface area contributed by atoms with E-state index in [0.717, 1.165) is 76.8 Å². The molecule has 3 aromatic rings. The van der Waals surface area contributed by atoms with E-state index in [1.807, 2.05) is 23.6 Å². The number of benzene rings is 1. The number of hydrogen-bond donors (Lipinski definition) is 0. The summed E-state index contributed by atoms with van der Waals surface area (Å²) in [5, 5.41) is 5.06. The van der Waals surface area contributed by atoms with Crippen LogP contribution in [0.4, 0.5) is 5.69 Å². The van der Waals surface area contributed by atoms with Crippen molar-refractivity contribution < 1.29 is 18.6 Å². The van der Waals surface area contributed by atoms with Gasteiger partial charge in [0.15, 0.2) is 0 Å². The van der Waals surface area contributed by atoms with Crippen LogP contribution in [0.3, 0.4) is 0 Å². The molecule has 33 heavy (non-hydrogen) atoms. The minimum Gasteiger partial charge on any atom is -0.496 e. The molecular formula is C26H35N3O4. The Morgan fingerprint density at radius 2 is 1.64 bits per heavy atom. The van der Waals surface area contributed by atoms with Crippen LogP contribution in [0, 0.1) is 18.8 Å². The summed E-state index contributed by atoms with van der Waals surface area (Å²) in [6.07, 6.45) is 6.18. The van der Waals surface area contributed by atoms with E-state index in [4.69, 9.17) is 23.7 Å². The van der Waals surface area contributed by atoms with Gasteiger partial charge in [-0.2, -0.15) is 9.61 Å². The van der Waals surface area contributed by atoms with E-state index in [1.165, 1.54) is 31.4 Å². The van der Waals surface area contributed by atoms with Crippen LogP contribution in [0.15, 0.2) is 16.5 Å². The highest BCUT2D eigenvalue weighted by molar-refractivity contribution is 5.81. The Labute approximate surface area is 195 Å². The van der Waals surface area contributed by atoms with Crippen LogP contribution in [0.5, 0.6) is 11.5 Å². The van der Waals surface area contributed by atoms with Crippen LogP contribution in [-0.4, -0.2) is 44.0 Å². The highest BCUT2D eigenvalue weighted by Gasteiger charge is 2.34. The van der Waals surface area contributed by atoms with Crippen LogP contribution in [-0.2, 0) is 17.8 Å². The minimum atomic E-state index is 0.482. The molecule has 2 aromatic heterocycles. The number of methoxy groups -OCH3 is 3. The topological polar surface area (TPSA) is 61.4 Å². The normalized spacial score (nSPS) is 15.9. The van der Waals surface area contributed by atoms with Crippen molar-refractivity contribution in [1.29, 1.82) is 0 Å². The predicted molar refractivity (Wildman–Crippen MR) is 128 cm³/mol. The lowest BCUT2D eigenvalue weighted by Crippen LogP contribution is -2.28. The summed E-state index contributed by atoms with van der Waals surface area (Å²) in [5.74, 6) is 3.83. The Bertz CT molecular complexity index is 1100. The van der Waals surface area contributed by atoms with Crippen LogP contribution in [0.25, 0.3) is 17.0 Å². The van der Waals surface area contributed by atoms with Crippen LogP contribution >= 0.6 is 0 Å². The van der Waals surface area contributed by atoms with E-state index in [2.05, 4.69) is 11.8 Å². The third kappa shape index (κ3) is 4.19. The van der Waals surface area contributed by atoms with Crippen molar-refractivity contribution in [2.24, 2.45) is 11.8 Å².